The van der Waals surface area contributed by atoms with Crippen molar-refractivity contribution in [2.24, 2.45) is 0 Å². The van der Waals surface area contributed by atoms with Gasteiger partial charge in [0, 0.05) is 0 Å². The van der Waals surface area contributed by atoms with Gasteiger partial charge in [0.25, 0.3) is 0 Å². The van der Waals surface area contributed by atoms with E-state index in [-0.39, 0.29) is 52.9 Å². The highest BCUT2D eigenvalue weighted by molar-refractivity contribution is 5.50. The fraction of sp³-hybridized carbons (Fsp3) is 0.280. The molecule has 0 bridgehead atoms. The second-order valence-corrected chi connectivity index (χ2v) is 21.8. The molecule has 2 saturated heterocycles. The summed E-state index contributed by atoms with van der Waals surface area (Å²) in [6.07, 6.45) is -10.5. The molecule has 0 aromatic heterocycles. The molecule has 0 amide bonds. The largest absolute Gasteiger partial charge is 0.497 e. The molecule has 2 aliphatic heterocycles. The summed E-state index contributed by atoms with van der Waals surface area (Å²) in [5.74, 6) is 1.37. The van der Waals surface area contributed by atoms with Crippen molar-refractivity contribution in [3.05, 3.63) is 311 Å². The van der Waals surface area contributed by atoms with E-state index in [1.165, 1.54) is 0 Å². The maximum Gasteiger partial charge on any atom is 0.187 e. The Morgan fingerprint density at radius 3 is 1.07 bits per heavy atom. The summed E-state index contributed by atoms with van der Waals surface area (Å²) in [5, 5.41) is 12.3. The van der Waals surface area contributed by atoms with Crippen molar-refractivity contribution in [2.45, 2.75) is 107 Å². The molecule has 88 heavy (non-hydrogen) atoms. The number of ether oxygens (including phenoxy) is 12. The van der Waals surface area contributed by atoms with Gasteiger partial charge in [-0.05, 0) is 74.3 Å². The summed E-state index contributed by atoms with van der Waals surface area (Å²) in [5.41, 5.74) is 6.78. The average Bonchev–Trinajstić information content (AvgIpc) is 1.01. The van der Waals surface area contributed by atoms with E-state index in [2.05, 4.69) is 12.1 Å². The first kappa shape index (κ1) is 61.8. The highest BCUT2D eigenvalue weighted by atomic mass is 16.8. The van der Waals surface area contributed by atoms with Crippen molar-refractivity contribution in [1.29, 1.82) is 0 Å². The molecule has 0 aliphatic carbocycles. The van der Waals surface area contributed by atoms with Gasteiger partial charge in [-0.25, -0.2) is 0 Å². The Bertz CT molecular complexity index is 3360. The average molecular weight is 1190 g/mol. The fourth-order valence-electron chi connectivity index (χ4n) is 11.4. The van der Waals surface area contributed by atoms with Crippen LogP contribution in [-0.4, -0.2) is 94.0 Å². The summed E-state index contributed by atoms with van der Waals surface area (Å²) >= 11 is 0. The quantitative estimate of drug-likeness (QED) is 0.0447. The lowest BCUT2D eigenvalue weighted by Crippen LogP contribution is -2.66. The Hall–Kier alpha value is -7.86. The van der Waals surface area contributed by atoms with Crippen molar-refractivity contribution >= 4 is 0 Å². The van der Waals surface area contributed by atoms with Gasteiger partial charge in [0.1, 0.15) is 65.9 Å². The molecule has 11 rings (SSSR count). The zero-order valence-electron chi connectivity index (χ0n) is 49.6. The van der Waals surface area contributed by atoms with Crippen LogP contribution in [0.4, 0.5) is 0 Å². The normalized spacial score (nSPS) is 22.0. The number of hydrogen-bond donors (Lipinski definition) is 1. The zero-order chi connectivity index (χ0) is 60.2. The highest BCUT2D eigenvalue weighted by Crippen LogP contribution is 2.44. The predicted molar refractivity (Wildman–Crippen MR) is 334 cm³/mol. The van der Waals surface area contributed by atoms with Crippen molar-refractivity contribution in [3.8, 4) is 11.5 Å². The van der Waals surface area contributed by atoms with Crippen LogP contribution in [0.3, 0.4) is 0 Å². The number of aliphatic hydroxyl groups excluding tert-OH is 1. The van der Waals surface area contributed by atoms with E-state index in [1.54, 1.807) is 14.2 Å². The molecule has 0 spiro atoms. The summed E-state index contributed by atoms with van der Waals surface area (Å²) in [6.45, 7) is 0.983. The molecule has 9 aromatic rings. The number of benzene rings is 9. The van der Waals surface area contributed by atoms with E-state index in [0.717, 1.165) is 50.1 Å². The topological polar surface area (TPSA) is 131 Å². The molecule has 13 heteroatoms. The molecule has 0 saturated carbocycles. The molecule has 2 heterocycles. The van der Waals surface area contributed by atoms with Crippen LogP contribution < -0.4 is 9.47 Å². The molecule has 0 radical (unpaired) electrons. The Labute approximate surface area is 516 Å². The van der Waals surface area contributed by atoms with E-state index < -0.39 is 67.0 Å². The van der Waals surface area contributed by atoms with E-state index in [1.807, 2.05) is 249 Å². The van der Waals surface area contributed by atoms with Gasteiger partial charge in [-0.15, -0.1) is 0 Å². The lowest BCUT2D eigenvalue weighted by atomic mass is 9.80. The highest BCUT2D eigenvalue weighted by Gasteiger charge is 2.55. The number of hydrogen-bond acceptors (Lipinski definition) is 13. The van der Waals surface area contributed by atoms with Crippen LogP contribution in [0.5, 0.6) is 11.5 Å². The van der Waals surface area contributed by atoms with Crippen LogP contribution in [0.2, 0.25) is 0 Å². The van der Waals surface area contributed by atoms with Gasteiger partial charge in [-0.2, -0.15) is 0 Å². The molecule has 9 aromatic carbocycles. The van der Waals surface area contributed by atoms with Gasteiger partial charge in [-0.3, -0.25) is 0 Å². The third-order valence-electron chi connectivity index (χ3n) is 15.9. The minimum absolute atomic E-state index is 0.0118. The van der Waals surface area contributed by atoms with Crippen LogP contribution >= 0.6 is 0 Å². The Kier molecular flexibility index (Phi) is 22.0. The van der Waals surface area contributed by atoms with Gasteiger partial charge >= 0.3 is 0 Å². The molecule has 2 fully saturated rings. The SMILES string of the molecule is COc1ccc(C(OC[C@H]2O[C@H](O[C@H]3[C@H](OCc4ccccc4)[C@@H](OCc4ccccc4)[C@@H](O)O[C@@H]3COCc3ccccc3)[C@H](OCc3ccccc3)[C@@H](OCc3ccccc3)[C@@H]2OCc2ccccc2)(c2ccccc2)c2ccc(OC)cc2)cc1. The molecule has 10 atom stereocenters. The molecule has 2 aliphatic rings. The fourth-order valence-corrected chi connectivity index (χ4v) is 11.4. The summed E-state index contributed by atoms with van der Waals surface area (Å²) in [6, 6.07) is 85.5. The lowest BCUT2D eigenvalue weighted by molar-refractivity contribution is -0.375. The first-order valence-electron chi connectivity index (χ1n) is 30.0. The van der Waals surface area contributed by atoms with E-state index in [9.17, 15) is 5.11 Å². The molecule has 1 N–H and O–H groups in total. The summed E-state index contributed by atoms with van der Waals surface area (Å²) in [4.78, 5) is 0. The summed E-state index contributed by atoms with van der Waals surface area (Å²) in [7, 11) is 3.30. The summed E-state index contributed by atoms with van der Waals surface area (Å²) < 4.78 is 83.2. The number of methoxy groups -OCH3 is 2. The van der Waals surface area contributed by atoms with E-state index >= 15 is 0 Å². The minimum Gasteiger partial charge on any atom is -0.497 e. The molecular weight excluding hydrogens is 1110 g/mol. The third kappa shape index (κ3) is 15.9. The maximum absolute atomic E-state index is 12.3. The van der Waals surface area contributed by atoms with E-state index in [4.69, 9.17) is 56.8 Å². The second-order valence-electron chi connectivity index (χ2n) is 21.8. The Balaban J connectivity index is 1.05. The monoisotopic (exact) mass is 1180 g/mol. The first-order valence-corrected chi connectivity index (χ1v) is 30.0. The van der Waals surface area contributed by atoms with Gasteiger partial charge in [0.2, 0.25) is 0 Å². The van der Waals surface area contributed by atoms with Crippen LogP contribution in [0, 0.1) is 0 Å². The second kappa shape index (κ2) is 31.4. The van der Waals surface area contributed by atoms with Crippen LogP contribution in [0.15, 0.2) is 261 Å². The van der Waals surface area contributed by atoms with Gasteiger partial charge in [0.05, 0.1) is 67.1 Å². The maximum atomic E-state index is 12.3. The van der Waals surface area contributed by atoms with Crippen molar-refractivity contribution < 1.29 is 61.9 Å². The van der Waals surface area contributed by atoms with Gasteiger partial charge < -0.3 is 61.9 Å². The lowest BCUT2D eigenvalue weighted by Gasteiger charge is -2.50. The molecule has 0 unspecified atom stereocenters. The van der Waals surface area contributed by atoms with Gasteiger partial charge in [0.15, 0.2) is 12.6 Å². The molecular formula is C75H76O13. The smallest absolute Gasteiger partial charge is 0.187 e. The predicted octanol–water partition coefficient (Wildman–Crippen LogP) is 13.0. The van der Waals surface area contributed by atoms with Crippen LogP contribution in [-0.2, 0) is 92.6 Å². The van der Waals surface area contributed by atoms with Crippen molar-refractivity contribution in [1.82, 2.24) is 0 Å². The third-order valence-corrected chi connectivity index (χ3v) is 15.9. The molecule has 13 nitrogen and oxygen atoms in total. The van der Waals surface area contributed by atoms with Crippen LogP contribution in [0.1, 0.15) is 50.1 Å². The Morgan fingerprint density at radius 2 is 0.659 bits per heavy atom. The number of rotatable bonds is 29. The first-order chi connectivity index (χ1) is 43.4. The zero-order valence-corrected chi connectivity index (χ0v) is 49.6. The van der Waals surface area contributed by atoms with Crippen molar-refractivity contribution in [3.63, 3.8) is 0 Å². The van der Waals surface area contributed by atoms with Crippen LogP contribution in [0.25, 0.3) is 0 Å². The molecule has 454 valence electrons. The number of aliphatic hydroxyl groups is 1. The van der Waals surface area contributed by atoms with E-state index in [0.29, 0.717) is 11.5 Å². The Morgan fingerprint density at radius 1 is 0.330 bits per heavy atom. The van der Waals surface area contributed by atoms with Crippen molar-refractivity contribution in [2.75, 3.05) is 27.4 Å². The minimum atomic E-state index is -1.46. The standard InChI is InChI=1S/C75H76O13/c1-77-63-42-38-61(39-43-63)75(60-36-22-9-23-37-60,62-40-44-64(78-2)45-41-62)85-53-66-67(80-47-55-26-12-4-13-27-55)69(81-48-56-28-14-5-15-29-56)72(84-51-59-34-20-8-21-35-59)74(87-66)88-68-65(52-79-46-54-24-10-3-11-25-54)86-73(76)71(83-50-58-32-18-7-19-33-58)70(68)82-49-57-30-16-6-17-31-57/h3-45,65-74,76H,46-53H2,1-2H3/t65-,66-,67-,68-,69+,70+,71-,72-,73+,74-/m1/s1. The van der Waals surface area contributed by atoms with Gasteiger partial charge in [-0.1, -0.05) is 237 Å².